The summed E-state index contributed by atoms with van der Waals surface area (Å²) in [4.78, 5) is 29.2. The molecule has 0 aromatic carbocycles. The van der Waals surface area contributed by atoms with Gasteiger partial charge in [0.25, 0.3) is 0 Å². The Balaban J connectivity index is 2.04. The summed E-state index contributed by atoms with van der Waals surface area (Å²) in [5.41, 5.74) is -1.10. The number of aryl methyl sites for hydroxylation is 1. The molecule has 1 aliphatic rings. The van der Waals surface area contributed by atoms with E-state index in [1.807, 2.05) is 13.8 Å². The van der Waals surface area contributed by atoms with Gasteiger partial charge in [-0.2, -0.15) is 4.39 Å². The average molecular weight is 410 g/mol. The van der Waals surface area contributed by atoms with E-state index in [-0.39, 0.29) is 23.9 Å². The van der Waals surface area contributed by atoms with Gasteiger partial charge in [-0.05, 0) is 25.8 Å². The second-order valence-corrected chi connectivity index (χ2v) is 7.40. The normalized spacial score (nSPS) is 16.8. The predicted molar refractivity (Wildman–Crippen MR) is 104 cm³/mol. The largest absolute Gasteiger partial charge is 0.511 e. The number of carboxylic acid groups (broad SMARTS) is 1. The number of nitrogens with one attached hydrogen (secondary N) is 1. The zero-order chi connectivity index (χ0) is 21.3. The maximum Gasteiger partial charge on any atom is 0.511 e. The Morgan fingerprint density at radius 1 is 1.41 bits per heavy atom. The number of nitrogens with zero attached hydrogens (tertiary/aromatic N) is 3. The van der Waals surface area contributed by atoms with Gasteiger partial charge in [0.1, 0.15) is 11.0 Å². The van der Waals surface area contributed by atoms with Crippen LogP contribution in [0.5, 0.6) is 5.75 Å². The molecular formula is C19H24F2N4O4. The van der Waals surface area contributed by atoms with E-state index in [9.17, 15) is 18.4 Å². The number of aromatic nitrogens is 2. The fourth-order valence-corrected chi connectivity index (χ4v) is 3.52. The van der Waals surface area contributed by atoms with E-state index in [0.29, 0.717) is 19.1 Å². The number of halogens is 2. The molecule has 0 amide bonds. The van der Waals surface area contributed by atoms with Crippen LogP contribution >= 0.6 is 0 Å². The molecule has 1 saturated heterocycles. The molecule has 0 bridgehead atoms. The van der Waals surface area contributed by atoms with Crippen molar-refractivity contribution in [2.75, 3.05) is 24.5 Å². The van der Waals surface area contributed by atoms with Crippen LogP contribution in [-0.2, 0) is 6.54 Å². The minimum atomic E-state index is -1.72. The number of anilines is 1. The van der Waals surface area contributed by atoms with E-state index >= 15 is 0 Å². The standard InChI is InChI=1S/C19H24F2N4O4/c1-4-24-9-12(29-19(27)28)16(26)13-14(20)15(21)18(23-17(13)24)25-6-5-11(8-25)7-22-10(2)3/h9-11,22H,4-8H2,1-3H3,(H,27,28). The Morgan fingerprint density at radius 2 is 2.14 bits per heavy atom. The minimum Gasteiger partial charge on any atom is -0.449 e. The van der Waals surface area contributed by atoms with Crippen LogP contribution in [-0.4, -0.2) is 46.5 Å². The second kappa shape index (κ2) is 8.32. The van der Waals surface area contributed by atoms with E-state index in [1.54, 1.807) is 11.8 Å². The molecule has 0 saturated carbocycles. The molecule has 1 unspecified atom stereocenters. The summed E-state index contributed by atoms with van der Waals surface area (Å²) in [6, 6.07) is 0.332. The lowest BCUT2D eigenvalue weighted by Gasteiger charge is -2.21. The van der Waals surface area contributed by atoms with Gasteiger partial charge in [0.2, 0.25) is 11.2 Å². The molecule has 158 valence electrons. The van der Waals surface area contributed by atoms with Crippen LogP contribution in [0, 0.1) is 17.6 Å². The van der Waals surface area contributed by atoms with Crippen molar-refractivity contribution in [3.05, 3.63) is 28.1 Å². The van der Waals surface area contributed by atoms with Gasteiger partial charge in [-0.1, -0.05) is 13.8 Å². The minimum absolute atomic E-state index is 0.0482. The van der Waals surface area contributed by atoms with Crippen LogP contribution in [0.3, 0.4) is 0 Å². The topological polar surface area (TPSA) is 96.7 Å². The molecule has 1 fully saturated rings. The quantitative estimate of drug-likeness (QED) is 0.707. The Kier molecular flexibility index (Phi) is 6.02. The highest BCUT2D eigenvalue weighted by Gasteiger charge is 2.29. The van der Waals surface area contributed by atoms with Crippen molar-refractivity contribution in [1.82, 2.24) is 14.9 Å². The zero-order valence-electron chi connectivity index (χ0n) is 16.5. The van der Waals surface area contributed by atoms with Gasteiger partial charge in [0.15, 0.2) is 17.4 Å². The van der Waals surface area contributed by atoms with Gasteiger partial charge < -0.3 is 24.6 Å². The highest BCUT2D eigenvalue weighted by molar-refractivity contribution is 5.80. The number of ether oxygens (including phenoxy) is 1. The fourth-order valence-electron chi connectivity index (χ4n) is 3.52. The van der Waals surface area contributed by atoms with E-state index < -0.39 is 34.4 Å². The van der Waals surface area contributed by atoms with Gasteiger partial charge in [-0.3, -0.25) is 4.79 Å². The summed E-state index contributed by atoms with van der Waals surface area (Å²) in [5, 5.41) is 11.5. The lowest BCUT2D eigenvalue weighted by atomic mass is 10.1. The van der Waals surface area contributed by atoms with Crippen molar-refractivity contribution in [1.29, 1.82) is 0 Å². The van der Waals surface area contributed by atoms with Crippen LogP contribution in [0.2, 0.25) is 0 Å². The molecule has 2 aromatic heterocycles. The monoisotopic (exact) mass is 410 g/mol. The third kappa shape index (κ3) is 4.16. The molecule has 8 nitrogen and oxygen atoms in total. The number of carbonyl (C=O) groups is 1. The summed E-state index contributed by atoms with van der Waals surface area (Å²) in [6.07, 6.45) is 0.242. The number of pyridine rings is 2. The first-order valence-electron chi connectivity index (χ1n) is 9.54. The van der Waals surface area contributed by atoms with Gasteiger partial charge >= 0.3 is 6.16 Å². The van der Waals surface area contributed by atoms with Crippen LogP contribution in [0.15, 0.2) is 11.0 Å². The van der Waals surface area contributed by atoms with Crippen LogP contribution < -0.4 is 20.4 Å². The summed E-state index contributed by atoms with van der Waals surface area (Å²) in [5.74, 6) is -3.03. The summed E-state index contributed by atoms with van der Waals surface area (Å²) < 4.78 is 35.5. The van der Waals surface area contributed by atoms with Crippen molar-refractivity contribution >= 4 is 23.0 Å². The van der Waals surface area contributed by atoms with Crippen LogP contribution in [0.1, 0.15) is 27.2 Å². The van der Waals surface area contributed by atoms with E-state index in [1.165, 1.54) is 4.57 Å². The van der Waals surface area contributed by atoms with Gasteiger partial charge in [-0.25, -0.2) is 14.2 Å². The molecule has 0 aliphatic carbocycles. The lowest BCUT2D eigenvalue weighted by molar-refractivity contribution is 0.143. The van der Waals surface area contributed by atoms with Crippen LogP contribution in [0.4, 0.5) is 19.4 Å². The number of rotatable bonds is 6. The van der Waals surface area contributed by atoms with Gasteiger partial charge in [0.05, 0.1) is 6.20 Å². The third-order valence-electron chi connectivity index (χ3n) is 4.98. The van der Waals surface area contributed by atoms with Gasteiger partial charge in [-0.15, -0.1) is 0 Å². The highest BCUT2D eigenvalue weighted by Crippen LogP contribution is 2.29. The van der Waals surface area contributed by atoms with Crippen LogP contribution in [0.25, 0.3) is 11.0 Å². The maximum absolute atomic E-state index is 14.9. The number of hydrogen-bond acceptors (Lipinski definition) is 6. The molecule has 2 aromatic rings. The zero-order valence-corrected chi connectivity index (χ0v) is 16.5. The molecule has 1 atom stereocenters. The third-order valence-corrected chi connectivity index (χ3v) is 4.98. The predicted octanol–water partition coefficient (Wildman–Crippen LogP) is 2.58. The molecule has 29 heavy (non-hydrogen) atoms. The van der Waals surface area contributed by atoms with E-state index in [4.69, 9.17) is 5.11 Å². The number of hydrogen-bond donors (Lipinski definition) is 2. The molecule has 3 rings (SSSR count). The van der Waals surface area contributed by atoms with E-state index in [0.717, 1.165) is 19.2 Å². The van der Waals surface area contributed by atoms with Crippen molar-refractivity contribution < 1.29 is 23.4 Å². The Hall–Kier alpha value is -2.75. The lowest BCUT2D eigenvalue weighted by Crippen LogP contribution is -2.31. The van der Waals surface area contributed by atoms with Crippen molar-refractivity contribution in [2.24, 2.45) is 5.92 Å². The smallest absolute Gasteiger partial charge is 0.449 e. The summed E-state index contributed by atoms with van der Waals surface area (Å²) in [7, 11) is 0. The maximum atomic E-state index is 14.9. The SMILES string of the molecule is CCn1cc(OC(=O)O)c(=O)c2c(F)c(F)c(N3CCC(CNC(C)C)C3)nc21. The molecule has 3 heterocycles. The van der Waals surface area contributed by atoms with Crippen molar-refractivity contribution in [3.8, 4) is 5.75 Å². The Bertz CT molecular complexity index is 993. The Labute approximate surface area is 166 Å². The molecule has 0 spiro atoms. The van der Waals surface area contributed by atoms with Crippen molar-refractivity contribution in [3.63, 3.8) is 0 Å². The summed E-state index contributed by atoms with van der Waals surface area (Å²) in [6.45, 7) is 7.85. The molecule has 0 radical (unpaired) electrons. The summed E-state index contributed by atoms with van der Waals surface area (Å²) >= 11 is 0. The van der Waals surface area contributed by atoms with Crippen molar-refractivity contribution in [2.45, 2.75) is 39.8 Å². The van der Waals surface area contributed by atoms with E-state index in [2.05, 4.69) is 15.0 Å². The van der Waals surface area contributed by atoms with Gasteiger partial charge in [0, 0.05) is 25.7 Å². The molecule has 2 N–H and O–H groups in total. The molecule has 1 aliphatic heterocycles. The second-order valence-electron chi connectivity index (χ2n) is 7.40. The number of fused-ring (bicyclic) bond motifs is 1. The first-order chi connectivity index (χ1) is 13.7. The first kappa shape index (κ1) is 21.0. The fraction of sp³-hybridized carbons (Fsp3) is 0.526. The molecular weight excluding hydrogens is 386 g/mol. The highest BCUT2D eigenvalue weighted by atomic mass is 19.2. The Morgan fingerprint density at radius 3 is 2.76 bits per heavy atom. The molecule has 10 heteroatoms. The average Bonchev–Trinajstić information content (AvgIpc) is 3.13. The first-order valence-corrected chi connectivity index (χ1v) is 9.54.